The van der Waals surface area contributed by atoms with E-state index in [-0.39, 0.29) is 28.5 Å². The van der Waals surface area contributed by atoms with E-state index in [9.17, 15) is 26.3 Å². The van der Waals surface area contributed by atoms with Crippen molar-refractivity contribution in [1.29, 1.82) is 0 Å². The molecule has 0 saturated carbocycles. The largest absolute Gasteiger partial charge is 0.435 e. The lowest BCUT2D eigenvalue weighted by molar-refractivity contribution is -0.142. The van der Waals surface area contributed by atoms with E-state index in [0.717, 1.165) is 4.68 Å². The summed E-state index contributed by atoms with van der Waals surface area (Å²) in [6.07, 6.45) is -5.00. The molecule has 35 heavy (non-hydrogen) atoms. The average molecular weight is 500 g/mol. The van der Waals surface area contributed by atoms with Crippen LogP contribution in [0.5, 0.6) is 0 Å². The SMILES string of the molecule is Cc1ncc(N2CCC3(CCN(c4ncc5c(C)nn(CC(F)(F)F)c5n4)C3)C2)c(C(F)(F)F)n1. The van der Waals surface area contributed by atoms with E-state index in [1.807, 2.05) is 4.90 Å². The van der Waals surface area contributed by atoms with Crippen molar-refractivity contribution in [2.75, 3.05) is 36.0 Å². The van der Waals surface area contributed by atoms with E-state index >= 15 is 0 Å². The second-order valence-electron chi connectivity index (χ2n) is 9.26. The number of alkyl halides is 6. The third kappa shape index (κ3) is 4.45. The summed E-state index contributed by atoms with van der Waals surface area (Å²) >= 11 is 0. The third-order valence-corrected chi connectivity index (χ3v) is 6.65. The molecule has 0 radical (unpaired) electrons. The average Bonchev–Trinajstić information content (AvgIpc) is 3.45. The monoisotopic (exact) mass is 500 g/mol. The molecule has 1 atom stereocenters. The number of aromatic nitrogens is 6. The summed E-state index contributed by atoms with van der Waals surface area (Å²) in [5.74, 6) is 0.334. The summed E-state index contributed by atoms with van der Waals surface area (Å²) in [4.78, 5) is 19.9. The zero-order chi connectivity index (χ0) is 25.2. The molecule has 8 nitrogen and oxygen atoms in total. The van der Waals surface area contributed by atoms with Crippen LogP contribution in [0, 0.1) is 19.3 Å². The van der Waals surface area contributed by atoms with Crippen LogP contribution in [0.1, 0.15) is 30.1 Å². The Morgan fingerprint density at radius 2 is 1.60 bits per heavy atom. The molecular weight excluding hydrogens is 478 g/mol. The van der Waals surface area contributed by atoms with Crippen molar-refractivity contribution in [3.8, 4) is 0 Å². The molecule has 2 aliphatic rings. The van der Waals surface area contributed by atoms with E-state index < -0.39 is 24.6 Å². The summed E-state index contributed by atoms with van der Waals surface area (Å²) in [5, 5.41) is 4.40. The van der Waals surface area contributed by atoms with Gasteiger partial charge in [0.25, 0.3) is 0 Å². The summed E-state index contributed by atoms with van der Waals surface area (Å²) in [5.41, 5.74) is -0.776. The fraction of sp³-hybridized carbons (Fsp3) is 0.571. The van der Waals surface area contributed by atoms with Crippen LogP contribution in [0.3, 0.4) is 0 Å². The first-order valence-electron chi connectivity index (χ1n) is 11.0. The van der Waals surface area contributed by atoms with Crippen LogP contribution in [0.15, 0.2) is 12.4 Å². The summed E-state index contributed by atoms with van der Waals surface area (Å²) in [6, 6.07) is 0. The lowest BCUT2D eigenvalue weighted by Crippen LogP contribution is -2.32. The van der Waals surface area contributed by atoms with Gasteiger partial charge in [-0.3, -0.25) is 0 Å². The van der Waals surface area contributed by atoms with E-state index in [2.05, 4.69) is 25.0 Å². The van der Waals surface area contributed by atoms with Crippen LogP contribution < -0.4 is 9.80 Å². The number of hydrogen-bond donors (Lipinski definition) is 0. The van der Waals surface area contributed by atoms with Gasteiger partial charge in [0.2, 0.25) is 5.95 Å². The molecule has 1 spiro atoms. The number of anilines is 2. The maximum atomic E-state index is 13.6. The summed E-state index contributed by atoms with van der Waals surface area (Å²) in [7, 11) is 0. The molecule has 3 aromatic heterocycles. The van der Waals surface area contributed by atoms with Crippen LogP contribution in [-0.2, 0) is 12.7 Å². The highest BCUT2D eigenvalue weighted by Crippen LogP contribution is 2.44. The van der Waals surface area contributed by atoms with Crippen molar-refractivity contribution in [3.05, 3.63) is 29.6 Å². The Morgan fingerprint density at radius 3 is 2.29 bits per heavy atom. The number of nitrogens with zero attached hydrogens (tertiary/aromatic N) is 8. The second kappa shape index (κ2) is 7.92. The zero-order valence-corrected chi connectivity index (χ0v) is 18.9. The molecule has 0 aromatic carbocycles. The molecule has 0 N–H and O–H groups in total. The Bertz CT molecular complexity index is 1270. The predicted molar refractivity (Wildman–Crippen MR) is 114 cm³/mol. The minimum atomic E-state index is -4.60. The van der Waals surface area contributed by atoms with Gasteiger partial charge in [-0.25, -0.2) is 19.6 Å². The van der Waals surface area contributed by atoms with Crippen LogP contribution in [0.2, 0.25) is 0 Å². The van der Waals surface area contributed by atoms with Crippen LogP contribution in [-0.4, -0.2) is 62.1 Å². The van der Waals surface area contributed by atoms with Crippen molar-refractivity contribution in [2.24, 2.45) is 5.41 Å². The van der Waals surface area contributed by atoms with Gasteiger partial charge in [0.15, 0.2) is 11.3 Å². The zero-order valence-electron chi connectivity index (χ0n) is 18.9. The van der Waals surface area contributed by atoms with Gasteiger partial charge in [-0.05, 0) is 26.7 Å². The van der Waals surface area contributed by atoms with Crippen molar-refractivity contribution < 1.29 is 26.3 Å². The first-order valence-corrected chi connectivity index (χ1v) is 11.0. The van der Waals surface area contributed by atoms with Gasteiger partial charge in [-0.15, -0.1) is 0 Å². The molecule has 188 valence electrons. The third-order valence-electron chi connectivity index (χ3n) is 6.65. The van der Waals surface area contributed by atoms with Gasteiger partial charge in [0, 0.05) is 37.8 Å². The minimum absolute atomic E-state index is 0.0392. The maximum absolute atomic E-state index is 13.6. The summed E-state index contributed by atoms with van der Waals surface area (Å²) < 4.78 is 80.5. The molecule has 5 heterocycles. The Balaban J connectivity index is 1.38. The molecular formula is C21H22F6N8. The van der Waals surface area contributed by atoms with Crippen molar-refractivity contribution in [2.45, 2.75) is 45.6 Å². The smallest absolute Gasteiger partial charge is 0.368 e. The number of aryl methyl sites for hydroxylation is 2. The van der Waals surface area contributed by atoms with Gasteiger partial charge in [-0.1, -0.05) is 0 Å². The molecule has 0 amide bonds. The van der Waals surface area contributed by atoms with E-state index in [4.69, 9.17) is 0 Å². The van der Waals surface area contributed by atoms with Crippen LogP contribution in [0.4, 0.5) is 38.0 Å². The number of halogens is 6. The van der Waals surface area contributed by atoms with Crippen molar-refractivity contribution in [1.82, 2.24) is 29.7 Å². The normalized spacial score (nSPS) is 21.1. The van der Waals surface area contributed by atoms with Gasteiger partial charge < -0.3 is 9.80 Å². The Morgan fingerprint density at radius 1 is 0.914 bits per heavy atom. The topological polar surface area (TPSA) is 75.9 Å². The van der Waals surface area contributed by atoms with Crippen LogP contribution >= 0.6 is 0 Å². The van der Waals surface area contributed by atoms with Gasteiger partial charge in [0.1, 0.15) is 12.4 Å². The number of fused-ring (bicyclic) bond motifs is 1. The van der Waals surface area contributed by atoms with E-state index in [1.54, 1.807) is 11.8 Å². The second-order valence-corrected chi connectivity index (χ2v) is 9.26. The molecule has 2 aliphatic heterocycles. The minimum Gasteiger partial charge on any atom is -0.368 e. The van der Waals surface area contributed by atoms with Crippen LogP contribution in [0.25, 0.3) is 11.0 Å². The maximum Gasteiger partial charge on any atom is 0.435 e. The highest BCUT2D eigenvalue weighted by molar-refractivity contribution is 5.78. The molecule has 2 saturated heterocycles. The fourth-order valence-corrected chi connectivity index (χ4v) is 5.01. The lowest BCUT2D eigenvalue weighted by Gasteiger charge is -2.26. The molecule has 0 aliphatic carbocycles. The lowest BCUT2D eigenvalue weighted by atomic mass is 9.86. The van der Waals surface area contributed by atoms with Gasteiger partial charge in [0.05, 0.1) is 23.0 Å². The number of hydrogen-bond acceptors (Lipinski definition) is 7. The van der Waals surface area contributed by atoms with Gasteiger partial charge in [-0.2, -0.15) is 36.4 Å². The highest BCUT2D eigenvalue weighted by atomic mass is 19.4. The molecule has 3 aromatic rings. The molecule has 1 unspecified atom stereocenters. The molecule has 14 heteroatoms. The van der Waals surface area contributed by atoms with Crippen molar-refractivity contribution >= 4 is 22.7 Å². The predicted octanol–water partition coefficient (Wildman–Crippen LogP) is 3.92. The van der Waals surface area contributed by atoms with E-state index in [0.29, 0.717) is 50.1 Å². The number of rotatable bonds is 3. The first-order chi connectivity index (χ1) is 16.3. The highest BCUT2D eigenvalue weighted by Gasteiger charge is 2.46. The molecule has 5 rings (SSSR count). The first kappa shape index (κ1) is 23.5. The standard InChI is InChI=1S/C21H22F6N8/c1-12-14-7-29-18(31-17(14)35(32-12)11-20(22,23)24)34-6-4-19(10-34)3-5-33(9-19)15-8-28-13(2)30-16(15)21(25,26)27/h7-8H,3-6,9-11H2,1-2H3. The van der Waals surface area contributed by atoms with Crippen molar-refractivity contribution in [3.63, 3.8) is 0 Å². The molecule has 0 bridgehead atoms. The molecule has 2 fully saturated rings. The fourth-order valence-electron chi connectivity index (χ4n) is 5.01. The quantitative estimate of drug-likeness (QED) is 0.505. The Hall–Kier alpha value is -3.19. The Labute approximate surface area is 196 Å². The summed E-state index contributed by atoms with van der Waals surface area (Å²) in [6.45, 7) is 3.58. The Kier molecular flexibility index (Phi) is 5.33. The van der Waals surface area contributed by atoms with E-state index in [1.165, 1.54) is 19.3 Å². The van der Waals surface area contributed by atoms with Gasteiger partial charge >= 0.3 is 12.4 Å².